The van der Waals surface area contributed by atoms with Gasteiger partial charge in [-0.25, -0.2) is 4.98 Å². The Labute approximate surface area is 171 Å². The van der Waals surface area contributed by atoms with Gasteiger partial charge in [-0.2, -0.15) is 0 Å². The third-order valence-corrected chi connectivity index (χ3v) is 4.82. The first kappa shape index (κ1) is 17.8. The van der Waals surface area contributed by atoms with Crippen molar-refractivity contribution in [3.63, 3.8) is 0 Å². The van der Waals surface area contributed by atoms with Crippen LogP contribution in [0.2, 0.25) is 0 Å². The van der Waals surface area contributed by atoms with Crippen LogP contribution in [0.3, 0.4) is 0 Å². The number of hydrogen-bond acceptors (Lipinski definition) is 6. The number of benzene rings is 1. The molecule has 0 amide bonds. The van der Waals surface area contributed by atoms with Gasteiger partial charge < -0.3 is 19.3 Å². The zero-order valence-electron chi connectivity index (χ0n) is 15.7. The number of ether oxygens (including phenoxy) is 2. The van der Waals surface area contributed by atoms with Crippen molar-refractivity contribution < 1.29 is 14.3 Å². The maximum Gasteiger partial charge on any atom is 0.306 e. The summed E-state index contributed by atoms with van der Waals surface area (Å²) >= 11 is 0. The Bertz CT molecular complexity index is 1280. The van der Waals surface area contributed by atoms with Crippen LogP contribution in [0.25, 0.3) is 27.4 Å². The number of aromatic nitrogens is 4. The molecular weight excluding hydrogens is 382 g/mol. The fourth-order valence-electron chi connectivity index (χ4n) is 3.39. The first-order valence-corrected chi connectivity index (χ1v) is 9.35. The van der Waals surface area contributed by atoms with Gasteiger partial charge in [0.05, 0.1) is 11.0 Å². The second-order valence-electron chi connectivity index (χ2n) is 6.79. The summed E-state index contributed by atoms with van der Waals surface area (Å²) in [5, 5.41) is 0. The highest BCUT2D eigenvalue weighted by atomic mass is 16.6. The predicted molar refractivity (Wildman–Crippen MR) is 108 cm³/mol. The van der Waals surface area contributed by atoms with Gasteiger partial charge in [-0.1, -0.05) is 12.6 Å². The number of carbonyl (C=O) groups excluding carboxylic acids is 1. The van der Waals surface area contributed by atoms with E-state index >= 15 is 0 Å². The maximum absolute atomic E-state index is 11.7. The minimum Gasteiger partial charge on any atom is -0.457 e. The number of aromatic amines is 1. The first-order chi connectivity index (χ1) is 14.7. The summed E-state index contributed by atoms with van der Waals surface area (Å²) < 4.78 is 11.5. The molecule has 4 aromatic rings. The van der Waals surface area contributed by atoms with Crippen LogP contribution < -0.4 is 4.74 Å². The number of carbonyl (C=O) groups is 1. The van der Waals surface area contributed by atoms with E-state index in [1.165, 1.54) is 6.20 Å². The second-order valence-corrected chi connectivity index (χ2v) is 6.79. The van der Waals surface area contributed by atoms with Gasteiger partial charge in [0.1, 0.15) is 17.5 Å². The van der Waals surface area contributed by atoms with Crippen LogP contribution in [0, 0.1) is 6.57 Å². The Morgan fingerprint density at radius 1 is 1.20 bits per heavy atom. The Morgan fingerprint density at radius 3 is 2.83 bits per heavy atom. The Hall–Kier alpha value is -4.25. The molecule has 3 aromatic heterocycles. The van der Waals surface area contributed by atoms with Crippen molar-refractivity contribution in [2.24, 2.45) is 0 Å². The molecule has 5 rings (SSSR count). The summed E-state index contributed by atoms with van der Waals surface area (Å²) in [6.07, 6.45) is 3.75. The average Bonchev–Trinajstić information content (AvgIpc) is 3.40. The number of imidazole rings is 1. The van der Waals surface area contributed by atoms with E-state index in [1.54, 1.807) is 18.3 Å². The van der Waals surface area contributed by atoms with Crippen molar-refractivity contribution in [3.8, 4) is 23.0 Å². The Kier molecular flexibility index (Phi) is 4.33. The number of cyclic esters (lactones) is 1. The number of pyridine rings is 2. The van der Waals surface area contributed by atoms with Gasteiger partial charge in [0.25, 0.3) is 5.82 Å². The summed E-state index contributed by atoms with van der Waals surface area (Å²) in [6, 6.07) is 12.6. The predicted octanol–water partition coefficient (Wildman–Crippen LogP) is 4.74. The number of H-pyrrole nitrogens is 1. The van der Waals surface area contributed by atoms with E-state index in [1.807, 2.05) is 30.3 Å². The lowest BCUT2D eigenvalue weighted by Gasteiger charge is -2.15. The zero-order valence-corrected chi connectivity index (χ0v) is 15.7. The molecule has 8 heteroatoms. The van der Waals surface area contributed by atoms with E-state index < -0.39 is 6.10 Å². The van der Waals surface area contributed by atoms with Gasteiger partial charge in [-0.15, -0.1) is 4.98 Å². The highest BCUT2D eigenvalue weighted by Crippen LogP contribution is 2.39. The molecule has 8 nitrogen and oxygen atoms in total. The quantitative estimate of drug-likeness (QED) is 0.395. The van der Waals surface area contributed by atoms with Gasteiger partial charge in [0.15, 0.2) is 17.8 Å². The molecule has 1 unspecified atom stereocenters. The number of fused-ring (bicyclic) bond motifs is 1. The molecule has 0 spiro atoms. The van der Waals surface area contributed by atoms with Crippen LogP contribution in [0.5, 0.6) is 11.5 Å². The molecule has 1 N–H and O–H groups in total. The van der Waals surface area contributed by atoms with Crippen LogP contribution in [0.4, 0.5) is 5.82 Å². The molecule has 0 bridgehead atoms. The smallest absolute Gasteiger partial charge is 0.306 e. The summed E-state index contributed by atoms with van der Waals surface area (Å²) in [6.45, 7) is 7.02. The lowest BCUT2D eigenvalue weighted by molar-refractivity contribution is -0.141. The van der Waals surface area contributed by atoms with Crippen LogP contribution in [0.15, 0.2) is 54.9 Å². The van der Waals surface area contributed by atoms with Gasteiger partial charge >= 0.3 is 5.97 Å². The highest BCUT2D eigenvalue weighted by molar-refractivity contribution is 5.82. The number of hydrogen-bond donors (Lipinski definition) is 1. The standard InChI is InChI=1S/C22H15N5O3/c1-23-20-7-5-13(12-25-20)29-19-11-17-16(10-14(19)18-6-8-21(28)30-18)26-22(27-17)15-4-2-3-9-24-15/h2-5,7,9-12,18H,6,8H2,(H,26,27). The summed E-state index contributed by atoms with van der Waals surface area (Å²) in [5.41, 5.74) is 2.97. The summed E-state index contributed by atoms with van der Waals surface area (Å²) in [4.78, 5) is 31.3. The van der Waals surface area contributed by atoms with E-state index in [2.05, 4.69) is 24.8 Å². The van der Waals surface area contributed by atoms with Crippen molar-refractivity contribution in [1.29, 1.82) is 0 Å². The summed E-state index contributed by atoms with van der Waals surface area (Å²) in [5.74, 6) is 1.70. The zero-order chi connectivity index (χ0) is 20.5. The second kappa shape index (κ2) is 7.29. The number of esters is 1. The minimum absolute atomic E-state index is 0.229. The van der Waals surface area contributed by atoms with E-state index in [-0.39, 0.29) is 11.8 Å². The molecule has 1 atom stereocenters. The molecule has 30 heavy (non-hydrogen) atoms. The number of nitrogens with one attached hydrogen (secondary N) is 1. The topological polar surface area (TPSA) is 94.4 Å². The molecule has 0 radical (unpaired) electrons. The molecule has 1 saturated heterocycles. The molecule has 4 heterocycles. The Balaban J connectivity index is 1.58. The number of rotatable bonds is 4. The van der Waals surface area contributed by atoms with Crippen LogP contribution in [0.1, 0.15) is 24.5 Å². The van der Waals surface area contributed by atoms with E-state index in [0.717, 1.165) is 16.8 Å². The van der Waals surface area contributed by atoms with Crippen LogP contribution in [-0.2, 0) is 9.53 Å². The normalized spacial score (nSPS) is 15.7. The molecule has 1 aliphatic heterocycles. The Morgan fingerprint density at radius 2 is 2.13 bits per heavy atom. The lowest BCUT2D eigenvalue weighted by atomic mass is 10.0. The highest BCUT2D eigenvalue weighted by Gasteiger charge is 2.29. The molecule has 0 saturated carbocycles. The lowest BCUT2D eigenvalue weighted by Crippen LogP contribution is -2.01. The van der Waals surface area contributed by atoms with Crippen molar-refractivity contribution in [1.82, 2.24) is 19.9 Å². The van der Waals surface area contributed by atoms with Crippen molar-refractivity contribution in [2.45, 2.75) is 18.9 Å². The third kappa shape index (κ3) is 3.33. The van der Waals surface area contributed by atoms with E-state index in [4.69, 9.17) is 16.0 Å². The fourth-order valence-corrected chi connectivity index (χ4v) is 3.39. The van der Waals surface area contributed by atoms with E-state index in [9.17, 15) is 4.79 Å². The van der Waals surface area contributed by atoms with Gasteiger partial charge in [-0.05, 0) is 36.8 Å². The van der Waals surface area contributed by atoms with Crippen molar-refractivity contribution in [2.75, 3.05) is 0 Å². The molecule has 146 valence electrons. The van der Waals surface area contributed by atoms with Gasteiger partial charge in [0.2, 0.25) is 0 Å². The molecular formula is C22H15N5O3. The van der Waals surface area contributed by atoms with Crippen molar-refractivity contribution in [3.05, 3.63) is 71.8 Å². The largest absolute Gasteiger partial charge is 0.457 e. The van der Waals surface area contributed by atoms with Crippen LogP contribution >= 0.6 is 0 Å². The average molecular weight is 397 g/mol. The summed E-state index contributed by atoms with van der Waals surface area (Å²) in [7, 11) is 0. The number of nitrogens with zero attached hydrogens (tertiary/aromatic N) is 4. The minimum atomic E-state index is -0.394. The van der Waals surface area contributed by atoms with Gasteiger partial charge in [0, 0.05) is 24.2 Å². The molecule has 1 aliphatic rings. The van der Waals surface area contributed by atoms with Crippen molar-refractivity contribution >= 4 is 22.8 Å². The molecule has 1 fully saturated rings. The van der Waals surface area contributed by atoms with Crippen LogP contribution in [-0.4, -0.2) is 25.9 Å². The maximum atomic E-state index is 11.7. The SMILES string of the molecule is [C-]#[N+]c1ccc(Oc2cc3nc(-c4ccccn4)[nH]c3cc2C2CCC(=O)O2)cn1. The van der Waals surface area contributed by atoms with Gasteiger partial charge in [-0.3, -0.25) is 9.78 Å². The fraction of sp³-hybridized carbons (Fsp3) is 0.136. The monoisotopic (exact) mass is 397 g/mol. The first-order valence-electron chi connectivity index (χ1n) is 9.35. The third-order valence-electron chi connectivity index (χ3n) is 4.82. The molecule has 0 aliphatic carbocycles. The van der Waals surface area contributed by atoms with E-state index in [0.29, 0.717) is 35.7 Å². The molecule has 1 aromatic carbocycles.